The van der Waals surface area contributed by atoms with E-state index >= 15 is 0 Å². The molecule has 32 heavy (non-hydrogen) atoms. The summed E-state index contributed by atoms with van der Waals surface area (Å²) in [6.07, 6.45) is 0. The Morgan fingerprint density at radius 3 is 2.28 bits per heavy atom. The van der Waals surface area contributed by atoms with Crippen molar-refractivity contribution in [3.05, 3.63) is 94.1 Å². The van der Waals surface area contributed by atoms with E-state index in [2.05, 4.69) is 32.0 Å². The highest BCUT2D eigenvalue weighted by Crippen LogP contribution is 2.25. The van der Waals surface area contributed by atoms with Crippen LogP contribution in [-0.4, -0.2) is 22.4 Å². The van der Waals surface area contributed by atoms with Gasteiger partial charge in [0.15, 0.2) is 0 Å². The number of halogens is 2. The van der Waals surface area contributed by atoms with Crippen molar-refractivity contribution in [1.82, 2.24) is 4.68 Å². The first kappa shape index (κ1) is 21.6. The fourth-order valence-corrected chi connectivity index (χ4v) is 3.65. The number of nitrogens with one attached hydrogen (secondary N) is 3. The number of amides is 3. The van der Waals surface area contributed by atoms with Crippen LogP contribution in [-0.2, 0) is 9.59 Å². The van der Waals surface area contributed by atoms with Gasteiger partial charge in [-0.15, -0.1) is 0 Å². The minimum Gasteiger partial charge on any atom is -0.319 e. The van der Waals surface area contributed by atoms with Crippen molar-refractivity contribution in [1.29, 1.82) is 0 Å². The van der Waals surface area contributed by atoms with E-state index in [9.17, 15) is 14.4 Å². The van der Waals surface area contributed by atoms with Crippen molar-refractivity contribution in [2.24, 2.45) is 0 Å². The molecule has 0 bridgehead atoms. The highest BCUT2D eigenvalue weighted by molar-refractivity contribution is 9.10. The van der Waals surface area contributed by atoms with Gasteiger partial charge < -0.3 is 10.6 Å². The highest BCUT2D eigenvalue weighted by Gasteiger charge is 2.21. The Kier molecular flexibility index (Phi) is 6.25. The summed E-state index contributed by atoms with van der Waals surface area (Å²) in [7, 11) is 0. The van der Waals surface area contributed by atoms with Gasteiger partial charge in [-0.05, 0) is 48.5 Å². The molecule has 7 nitrogen and oxygen atoms in total. The number of rotatable bonds is 4. The molecule has 0 unspecified atom stereocenters. The topological polar surface area (TPSA) is 92.2 Å². The SMILES string of the molecule is O=C(Nc1ccccc1)C(=O)Nn1c(C(=O)Nc2ccccc2Cl)cc2cc(Br)ccc21. The van der Waals surface area contributed by atoms with E-state index < -0.39 is 17.7 Å². The molecule has 4 aromatic rings. The van der Waals surface area contributed by atoms with Crippen LogP contribution >= 0.6 is 27.5 Å². The van der Waals surface area contributed by atoms with Crippen molar-refractivity contribution in [3.8, 4) is 0 Å². The molecule has 0 saturated carbocycles. The molecule has 3 aromatic carbocycles. The Hall–Kier alpha value is -3.62. The molecular formula is C23H16BrClN4O3. The fourth-order valence-electron chi connectivity index (χ4n) is 3.08. The first-order valence-corrected chi connectivity index (χ1v) is 10.6. The molecule has 1 aromatic heterocycles. The second-order valence-corrected chi connectivity index (χ2v) is 8.09. The number of para-hydroxylation sites is 2. The molecule has 0 aliphatic rings. The van der Waals surface area contributed by atoms with Crippen LogP contribution in [0.15, 0.2) is 83.3 Å². The van der Waals surface area contributed by atoms with Crippen LogP contribution in [0.3, 0.4) is 0 Å². The fraction of sp³-hybridized carbons (Fsp3) is 0. The molecular weight excluding hydrogens is 496 g/mol. The average Bonchev–Trinajstić information content (AvgIpc) is 3.13. The number of nitrogens with zero attached hydrogens (tertiary/aromatic N) is 1. The molecule has 0 saturated heterocycles. The number of hydrogen-bond acceptors (Lipinski definition) is 3. The smallest absolute Gasteiger partial charge is 0.319 e. The number of hydrogen-bond donors (Lipinski definition) is 3. The lowest BCUT2D eigenvalue weighted by Crippen LogP contribution is -2.36. The zero-order valence-electron chi connectivity index (χ0n) is 16.4. The average molecular weight is 512 g/mol. The van der Waals surface area contributed by atoms with Crippen molar-refractivity contribution >= 4 is 67.5 Å². The van der Waals surface area contributed by atoms with Crippen LogP contribution in [0.5, 0.6) is 0 Å². The number of fused-ring (bicyclic) bond motifs is 1. The van der Waals surface area contributed by atoms with Gasteiger partial charge in [0.1, 0.15) is 5.69 Å². The van der Waals surface area contributed by atoms with Gasteiger partial charge in [-0.1, -0.05) is 57.9 Å². The Morgan fingerprint density at radius 2 is 1.53 bits per heavy atom. The van der Waals surface area contributed by atoms with Gasteiger partial charge in [-0.2, -0.15) is 0 Å². The van der Waals surface area contributed by atoms with E-state index in [0.29, 0.717) is 27.3 Å². The van der Waals surface area contributed by atoms with Crippen LogP contribution < -0.4 is 16.1 Å². The summed E-state index contributed by atoms with van der Waals surface area (Å²) in [6.45, 7) is 0. The molecule has 0 aliphatic carbocycles. The quantitative estimate of drug-likeness (QED) is 0.336. The Labute approximate surface area is 196 Å². The summed E-state index contributed by atoms with van der Waals surface area (Å²) in [5.74, 6) is -2.30. The minimum absolute atomic E-state index is 0.124. The van der Waals surface area contributed by atoms with E-state index in [1.807, 2.05) is 0 Å². The van der Waals surface area contributed by atoms with E-state index in [1.54, 1.807) is 78.9 Å². The monoisotopic (exact) mass is 510 g/mol. The van der Waals surface area contributed by atoms with Gasteiger partial charge in [-0.3, -0.25) is 19.8 Å². The lowest BCUT2D eigenvalue weighted by atomic mass is 10.2. The molecule has 9 heteroatoms. The highest BCUT2D eigenvalue weighted by atomic mass is 79.9. The Balaban J connectivity index is 1.65. The van der Waals surface area contributed by atoms with Gasteiger partial charge in [0.25, 0.3) is 5.91 Å². The third kappa shape index (κ3) is 4.66. The molecule has 0 fully saturated rings. The first-order valence-electron chi connectivity index (χ1n) is 9.46. The number of carbonyl (C=O) groups is 3. The molecule has 160 valence electrons. The number of aromatic nitrogens is 1. The van der Waals surface area contributed by atoms with Crippen molar-refractivity contribution in [3.63, 3.8) is 0 Å². The summed E-state index contributed by atoms with van der Waals surface area (Å²) in [5.41, 5.74) is 4.07. The number of carbonyl (C=O) groups excluding carboxylic acids is 3. The zero-order valence-corrected chi connectivity index (χ0v) is 18.8. The van der Waals surface area contributed by atoms with Crippen LogP contribution in [0.25, 0.3) is 10.9 Å². The second-order valence-electron chi connectivity index (χ2n) is 6.76. The summed E-state index contributed by atoms with van der Waals surface area (Å²) in [4.78, 5) is 38.0. The lowest BCUT2D eigenvalue weighted by Gasteiger charge is -2.13. The van der Waals surface area contributed by atoms with E-state index in [4.69, 9.17) is 11.6 Å². The maximum absolute atomic E-state index is 13.0. The van der Waals surface area contributed by atoms with Crippen molar-refractivity contribution < 1.29 is 14.4 Å². The van der Waals surface area contributed by atoms with Crippen LogP contribution in [0.2, 0.25) is 5.02 Å². The molecule has 0 spiro atoms. The molecule has 4 rings (SSSR count). The summed E-state index contributed by atoms with van der Waals surface area (Å²) in [5, 5.41) is 6.31. The maximum atomic E-state index is 13.0. The number of benzene rings is 3. The predicted octanol–water partition coefficient (Wildman–Crippen LogP) is 5.02. The standard InChI is InChI=1S/C23H16BrClN4O3/c24-15-10-11-19-14(12-15)13-20(21(30)27-18-9-5-4-8-17(18)25)29(19)28-23(32)22(31)26-16-6-2-1-3-7-16/h1-13H,(H,26,31)(H,27,30)(H,28,32). The first-order chi connectivity index (χ1) is 15.4. The number of anilines is 2. The minimum atomic E-state index is -0.930. The lowest BCUT2D eigenvalue weighted by molar-refractivity contribution is -0.133. The predicted molar refractivity (Wildman–Crippen MR) is 128 cm³/mol. The summed E-state index contributed by atoms with van der Waals surface area (Å²) in [6, 6.07) is 22.3. The van der Waals surface area contributed by atoms with Gasteiger partial charge in [0, 0.05) is 15.5 Å². The Morgan fingerprint density at radius 1 is 0.812 bits per heavy atom. The maximum Gasteiger partial charge on any atom is 0.328 e. The third-order valence-corrected chi connectivity index (χ3v) is 5.39. The van der Waals surface area contributed by atoms with Gasteiger partial charge in [0.2, 0.25) is 0 Å². The van der Waals surface area contributed by atoms with Crippen molar-refractivity contribution in [2.45, 2.75) is 0 Å². The summed E-state index contributed by atoms with van der Waals surface area (Å²) >= 11 is 9.55. The second kappa shape index (κ2) is 9.25. The van der Waals surface area contributed by atoms with Gasteiger partial charge in [0.05, 0.1) is 16.2 Å². The van der Waals surface area contributed by atoms with Crippen LogP contribution in [0, 0.1) is 0 Å². The van der Waals surface area contributed by atoms with E-state index in [-0.39, 0.29) is 5.69 Å². The Bertz CT molecular complexity index is 1340. The third-order valence-electron chi connectivity index (χ3n) is 4.57. The molecule has 0 radical (unpaired) electrons. The van der Waals surface area contributed by atoms with E-state index in [1.165, 1.54) is 4.68 Å². The van der Waals surface area contributed by atoms with Gasteiger partial charge >= 0.3 is 11.8 Å². The van der Waals surface area contributed by atoms with Gasteiger partial charge in [-0.25, -0.2) is 4.68 Å². The zero-order chi connectivity index (χ0) is 22.7. The molecule has 3 amide bonds. The molecule has 3 N–H and O–H groups in total. The van der Waals surface area contributed by atoms with Crippen molar-refractivity contribution in [2.75, 3.05) is 16.1 Å². The molecule has 0 aliphatic heterocycles. The van der Waals surface area contributed by atoms with E-state index in [0.717, 1.165) is 4.47 Å². The summed E-state index contributed by atoms with van der Waals surface area (Å²) < 4.78 is 2.08. The normalized spacial score (nSPS) is 10.6. The largest absolute Gasteiger partial charge is 0.328 e. The molecule has 1 heterocycles. The van der Waals surface area contributed by atoms with Crippen LogP contribution in [0.4, 0.5) is 11.4 Å². The van der Waals surface area contributed by atoms with Crippen LogP contribution in [0.1, 0.15) is 10.5 Å². The molecule has 0 atom stereocenters.